The maximum absolute atomic E-state index is 11.2. The minimum absolute atomic E-state index is 0.0477. The molecule has 1 aromatic heterocycles. The van der Waals surface area contributed by atoms with Crippen LogP contribution in [0.3, 0.4) is 0 Å². The van der Waals surface area contributed by atoms with Crippen LogP contribution in [0.4, 0.5) is 11.4 Å². The summed E-state index contributed by atoms with van der Waals surface area (Å²) in [7, 11) is 3.53. The topological polar surface area (TPSA) is 72.4 Å². The fraction of sp³-hybridized carbons (Fsp3) is 0.118. The van der Waals surface area contributed by atoms with E-state index in [1.165, 1.54) is 6.07 Å². The summed E-state index contributed by atoms with van der Waals surface area (Å²) in [5.74, 6) is 0.409. The Labute approximate surface area is 143 Å². The molecule has 6 nitrogen and oxygen atoms in total. The predicted octanol–water partition coefficient (Wildman–Crippen LogP) is 4.63. The van der Waals surface area contributed by atoms with Crippen molar-refractivity contribution < 1.29 is 9.34 Å². The Hall–Kier alpha value is -2.86. The lowest BCUT2D eigenvalue weighted by Gasteiger charge is -2.12. The molecule has 0 atom stereocenters. The van der Waals surface area contributed by atoms with Crippen LogP contribution in [0, 0.1) is 10.1 Å². The number of halogens is 1. The Balaban J connectivity index is 1.92. The van der Waals surface area contributed by atoms with Gasteiger partial charge in [0, 0.05) is 31.3 Å². The van der Waals surface area contributed by atoms with Gasteiger partial charge < -0.3 is 9.32 Å². The molecule has 3 rings (SSSR count). The van der Waals surface area contributed by atoms with E-state index in [9.17, 15) is 10.1 Å². The van der Waals surface area contributed by atoms with Gasteiger partial charge in [-0.1, -0.05) is 17.7 Å². The Bertz CT molecular complexity index is 947. The third-order valence-corrected chi connectivity index (χ3v) is 3.70. The number of hydrogen-bond donors (Lipinski definition) is 0. The van der Waals surface area contributed by atoms with Crippen molar-refractivity contribution in [3.05, 3.63) is 63.0 Å². The number of aromatic nitrogens is 1. The molecule has 0 aliphatic rings. The molecule has 0 spiro atoms. The minimum atomic E-state index is -0.395. The average Bonchev–Trinajstić information content (AvgIpc) is 2.94. The highest BCUT2D eigenvalue weighted by Gasteiger charge is 2.15. The van der Waals surface area contributed by atoms with Crippen molar-refractivity contribution in [3.63, 3.8) is 0 Å². The van der Waals surface area contributed by atoms with E-state index in [1.807, 2.05) is 0 Å². The van der Waals surface area contributed by atoms with Crippen LogP contribution >= 0.6 is 11.6 Å². The van der Waals surface area contributed by atoms with Crippen LogP contribution < -0.4 is 4.90 Å². The molecule has 24 heavy (non-hydrogen) atoms. The zero-order chi connectivity index (χ0) is 17.3. The highest BCUT2D eigenvalue weighted by molar-refractivity contribution is 6.31. The Morgan fingerprint density at radius 3 is 2.71 bits per heavy atom. The van der Waals surface area contributed by atoms with Gasteiger partial charge in [0.05, 0.1) is 4.92 Å². The molecule has 0 amide bonds. The first-order chi connectivity index (χ1) is 11.4. The van der Waals surface area contributed by atoms with Crippen molar-refractivity contribution in [2.75, 3.05) is 19.0 Å². The highest BCUT2D eigenvalue weighted by Crippen LogP contribution is 2.28. The van der Waals surface area contributed by atoms with Gasteiger partial charge in [0.2, 0.25) is 5.89 Å². The summed E-state index contributed by atoms with van der Waals surface area (Å²) in [5.41, 5.74) is 2.58. The zero-order valence-electron chi connectivity index (χ0n) is 13.1. The van der Waals surface area contributed by atoms with E-state index < -0.39 is 4.92 Å². The van der Waals surface area contributed by atoms with Gasteiger partial charge in [-0.15, -0.1) is 0 Å². The SMILES string of the molecule is CN(C)c1ccc(/C=C/c2nc3cc(Cl)ccc3o2)cc1[N+](=O)[O-]. The number of nitro groups is 1. The van der Waals surface area contributed by atoms with Crippen LogP contribution in [0.5, 0.6) is 0 Å². The van der Waals surface area contributed by atoms with E-state index in [2.05, 4.69) is 4.98 Å². The predicted molar refractivity (Wildman–Crippen MR) is 95.4 cm³/mol. The first-order valence-corrected chi connectivity index (χ1v) is 7.52. The number of oxazole rings is 1. The molecular formula is C17H14ClN3O3. The first kappa shape index (κ1) is 16.0. The highest BCUT2D eigenvalue weighted by atomic mass is 35.5. The van der Waals surface area contributed by atoms with Crippen molar-refractivity contribution >= 4 is 46.2 Å². The van der Waals surface area contributed by atoms with Crippen LogP contribution in [0.15, 0.2) is 40.8 Å². The van der Waals surface area contributed by atoms with E-state index in [0.717, 1.165) is 0 Å². The lowest BCUT2D eigenvalue weighted by atomic mass is 10.1. The molecule has 7 heteroatoms. The Kier molecular flexibility index (Phi) is 4.22. The molecule has 1 heterocycles. The normalized spacial score (nSPS) is 11.3. The summed E-state index contributed by atoms with van der Waals surface area (Å²) >= 11 is 5.92. The van der Waals surface area contributed by atoms with Crippen molar-refractivity contribution in [1.82, 2.24) is 4.98 Å². The molecule has 0 N–H and O–H groups in total. The maximum Gasteiger partial charge on any atom is 0.293 e. The van der Waals surface area contributed by atoms with Crippen LogP contribution in [0.1, 0.15) is 11.5 Å². The molecule has 0 saturated heterocycles. The van der Waals surface area contributed by atoms with Crippen molar-refractivity contribution in [2.45, 2.75) is 0 Å². The molecule has 0 radical (unpaired) electrons. The Morgan fingerprint density at radius 1 is 1.21 bits per heavy atom. The summed E-state index contributed by atoms with van der Waals surface area (Å²) in [5, 5.41) is 11.8. The van der Waals surface area contributed by atoms with Crippen molar-refractivity contribution in [3.8, 4) is 0 Å². The molecule has 0 saturated carbocycles. The van der Waals surface area contributed by atoms with Crippen LogP contribution in [-0.2, 0) is 0 Å². The second kappa shape index (κ2) is 6.33. The lowest BCUT2D eigenvalue weighted by molar-refractivity contribution is -0.384. The van der Waals surface area contributed by atoms with Gasteiger partial charge in [0.15, 0.2) is 5.58 Å². The minimum Gasteiger partial charge on any atom is -0.437 e. The zero-order valence-corrected chi connectivity index (χ0v) is 13.8. The molecule has 0 bridgehead atoms. The maximum atomic E-state index is 11.2. The van der Waals surface area contributed by atoms with Gasteiger partial charge in [-0.25, -0.2) is 4.98 Å². The number of fused-ring (bicyclic) bond motifs is 1. The molecule has 0 aliphatic heterocycles. The molecule has 2 aromatic carbocycles. The van der Waals surface area contributed by atoms with Gasteiger partial charge in [0.1, 0.15) is 11.2 Å². The standard InChI is InChI=1S/C17H14ClN3O3/c1-20(2)14-6-3-11(9-15(14)21(22)23)4-8-17-19-13-10-12(18)5-7-16(13)24-17/h3-10H,1-2H3/b8-4+. The summed E-state index contributed by atoms with van der Waals surface area (Å²) in [6.45, 7) is 0. The molecule has 122 valence electrons. The summed E-state index contributed by atoms with van der Waals surface area (Å²) in [6, 6.07) is 10.2. The van der Waals surface area contributed by atoms with E-state index in [-0.39, 0.29) is 5.69 Å². The number of anilines is 1. The number of nitrogens with zero attached hydrogens (tertiary/aromatic N) is 3. The molecule has 0 fully saturated rings. The van der Waals surface area contributed by atoms with Crippen LogP contribution in [-0.4, -0.2) is 24.0 Å². The fourth-order valence-corrected chi connectivity index (χ4v) is 2.49. The number of hydrogen-bond acceptors (Lipinski definition) is 5. The fourth-order valence-electron chi connectivity index (χ4n) is 2.33. The van der Waals surface area contributed by atoms with Crippen LogP contribution in [0.2, 0.25) is 5.02 Å². The molecule has 3 aromatic rings. The average molecular weight is 344 g/mol. The van der Waals surface area contributed by atoms with Gasteiger partial charge in [-0.2, -0.15) is 0 Å². The quantitative estimate of drug-likeness (QED) is 0.510. The lowest BCUT2D eigenvalue weighted by Crippen LogP contribution is -2.10. The molecule has 0 unspecified atom stereocenters. The van der Waals surface area contributed by atoms with Gasteiger partial charge in [-0.05, 0) is 35.9 Å². The van der Waals surface area contributed by atoms with E-state index in [1.54, 1.807) is 61.5 Å². The summed E-state index contributed by atoms with van der Waals surface area (Å²) in [6.07, 6.45) is 3.39. The second-order valence-electron chi connectivity index (χ2n) is 5.40. The largest absolute Gasteiger partial charge is 0.437 e. The third-order valence-electron chi connectivity index (χ3n) is 3.46. The van der Waals surface area contributed by atoms with Crippen molar-refractivity contribution in [2.24, 2.45) is 0 Å². The monoisotopic (exact) mass is 343 g/mol. The van der Waals surface area contributed by atoms with Gasteiger partial charge in [0.25, 0.3) is 5.69 Å². The van der Waals surface area contributed by atoms with E-state index >= 15 is 0 Å². The van der Waals surface area contributed by atoms with Crippen molar-refractivity contribution in [1.29, 1.82) is 0 Å². The third kappa shape index (κ3) is 3.23. The Morgan fingerprint density at radius 2 is 2.00 bits per heavy atom. The van der Waals surface area contributed by atoms with E-state index in [0.29, 0.717) is 33.3 Å². The summed E-state index contributed by atoms with van der Waals surface area (Å²) in [4.78, 5) is 16.8. The molecule has 0 aliphatic carbocycles. The van der Waals surface area contributed by atoms with Gasteiger partial charge in [-0.3, -0.25) is 10.1 Å². The molecular weight excluding hydrogens is 330 g/mol. The van der Waals surface area contributed by atoms with Crippen LogP contribution in [0.25, 0.3) is 23.3 Å². The smallest absolute Gasteiger partial charge is 0.293 e. The van der Waals surface area contributed by atoms with E-state index in [4.69, 9.17) is 16.0 Å². The number of nitro benzene ring substituents is 1. The number of benzene rings is 2. The summed E-state index contributed by atoms with van der Waals surface area (Å²) < 4.78 is 5.59. The first-order valence-electron chi connectivity index (χ1n) is 7.14. The number of rotatable bonds is 4. The second-order valence-corrected chi connectivity index (χ2v) is 5.83. The van der Waals surface area contributed by atoms with Gasteiger partial charge >= 0.3 is 0 Å².